The zero-order chi connectivity index (χ0) is 27.9. The predicted octanol–water partition coefficient (Wildman–Crippen LogP) is 3.45. The third kappa shape index (κ3) is 6.74. The molecule has 5 rings (SSSR count). The van der Waals surface area contributed by atoms with Crippen LogP contribution in [0.1, 0.15) is 33.8 Å². The van der Waals surface area contributed by atoms with E-state index in [1.165, 1.54) is 0 Å². The highest BCUT2D eigenvalue weighted by Crippen LogP contribution is 2.34. The number of aliphatic hydroxyl groups is 1. The highest BCUT2D eigenvalue weighted by molar-refractivity contribution is 5.92. The lowest BCUT2D eigenvalue weighted by Crippen LogP contribution is -2.49. The van der Waals surface area contributed by atoms with Crippen LogP contribution in [-0.2, 0) is 16.1 Å². The molecular weight excluding hydrogens is 510 g/mol. The smallest absolute Gasteiger partial charge is 0.248 e. The van der Waals surface area contributed by atoms with Gasteiger partial charge in [0, 0.05) is 44.8 Å². The average Bonchev–Trinajstić information content (AvgIpc) is 2.97. The molecule has 2 aliphatic rings. The number of β-amino-alcohol motifs (C(OH)–C–C–N with tert-alkyl or cyclic N) is 1. The molecule has 40 heavy (non-hydrogen) atoms. The first-order valence-electron chi connectivity index (χ1n) is 13.7. The van der Waals surface area contributed by atoms with E-state index in [1.54, 1.807) is 31.4 Å². The van der Waals surface area contributed by atoms with Gasteiger partial charge in [0.1, 0.15) is 23.9 Å². The first-order chi connectivity index (χ1) is 19.5. The van der Waals surface area contributed by atoms with E-state index in [-0.39, 0.29) is 12.0 Å². The summed E-state index contributed by atoms with van der Waals surface area (Å²) in [4.78, 5) is 13.6. The van der Waals surface area contributed by atoms with Gasteiger partial charge in [0.25, 0.3) is 0 Å². The van der Waals surface area contributed by atoms with Gasteiger partial charge in [0.2, 0.25) is 5.91 Å². The fraction of sp³-hybridized carbons (Fsp3) is 0.387. The van der Waals surface area contributed by atoms with E-state index in [4.69, 9.17) is 24.7 Å². The molecule has 0 bridgehead atoms. The molecule has 3 aromatic rings. The van der Waals surface area contributed by atoms with Crippen LogP contribution in [0.25, 0.3) is 0 Å². The van der Waals surface area contributed by atoms with Crippen LogP contribution in [0.2, 0.25) is 0 Å². The van der Waals surface area contributed by atoms with Crippen molar-refractivity contribution in [3.63, 3.8) is 0 Å². The minimum Gasteiger partial charge on any atom is -0.490 e. The van der Waals surface area contributed by atoms with Gasteiger partial charge in [-0.05, 0) is 66.1 Å². The number of nitrogens with zero attached hydrogens (tertiary/aromatic N) is 1. The molecular formula is C31H37N3O6. The van der Waals surface area contributed by atoms with Crippen LogP contribution in [0.15, 0.2) is 66.7 Å². The summed E-state index contributed by atoms with van der Waals surface area (Å²) in [5.74, 6) is 1.49. The van der Waals surface area contributed by atoms with Gasteiger partial charge in [-0.15, -0.1) is 0 Å². The molecule has 1 saturated heterocycles. The Morgan fingerprint density at radius 3 is 2.55 bits per heavy atom. The number of methoxy groups -OCH3 is 1. The van der Waals surface area contributed by atoms with Crippen molar-refractivity contribution in [1.29, 1.82) is 0 Å². The van der Waals surface area contributed by atoms with Crippen LogP contribution in [-0.4, -0.2) is 69.7 Å². The van der Waals surface area contributed by atoms with Gasteiger partial charge in [0.15, 0.2) is 0 Å². The molecule has 9 heteroatoms. The zero-order valence-corrected chi connectivity index (χ0v) is 22.8. The van der Waals surface area contributed by atoms with Crippen LogP contribution in [0, 0.1) is 0 Å². The van der Waals surface area contributed by atoms with Crippen molar-refractivity contribution in [3.8, 4) is 17.2 Å². The van der Waals surface area contributed by atoms with Gasteiger partial charge in [-0.1, -0.05) is 18.2 Å². The minimum absolute atomic E-state index is 0.184. The Balaban J connectivity index is 1.24. The second-order valence-electron chi connectivity index (χ2n) is 10.1. The lowest BCUT2D eigenvalue weighted by Gasteiger charge is -2.36. The summed E-state index contributed by atoms with van der Waals surface area (Å²) in [6, 6.07) is 20.6. The summed E-state index contributed by atoms with van der Waals surface area (Å²) < 4.78 is 23.4. The topological polar surface area (TPSA) is 116 Å². The van der Waals surface area contributed by atoms with Gasteiger partial charge in [0.05, 0.1) is 31.0 Å². The largest absolute Gasteiger partial charge is 0.490 e. The number of carbonyl (C=O) groups is 1. The number of benzene rings is 3. The number of primary amides is 1. The molecule has 3 aromatic carbocycles. The molecule has 3 atom stereocenters. The fourth-order valence-corrected chi connectivity index (χ4v) is 5.30. The van der Waals surface area contributed by atoms with Crippen molar-refractivity contribution in [2.45, 2.75) is 31.2 Å². The minimum atomic E-state index is -0.583. The molecule has 212 valence electrons. The molecule has 0 aliphatic carbocycles. The van der Waals surface area contributed by atoms with E-state index in [0.717, 1.165) is 48.7 Å². The Morgan fingerprint density at radius 2 is 1.82 bits per heavy atom. The van der Waals surface area contributed by atoms with Gasteiger partial charge >= 0.3 is 0 Å². The number of hydrogen-bond acceptors (Lipinski definition) is 8. The summed E-state index contributed by atoms with van der Waals surface area (Å²) in [6.45, 7) is 4.73. The molecule has 9 nitrogen and oxygen atoms in total. The number of rotatable bonds is 11. The van der Waals surface area contributed by atoms with Crippen molar-refractivity contribution in [3.05, 3.63) is 83.4 Å². The summed E-state index contributed by atoms with van der Waals surface area (Å²) in [6.07, 6.45) is 0.164. The van der Waals surface area contributed by atoms with Crippen molar-refractivity contribution < 1.29 is 28.8 Å². The number of nitrogens with two attached hydrogens (primary N) is 1. The quantitative estimate of drug-likeness (QED) is 0.313. The molecule has 0 spiro atoms. The third-order valence-electron chi connectivity index (χ3n) is 7.38. The van der Waals surface area contributed by atoms with Crippen LogP contribution < -0.4 is 25.4 Å². The van der Waals surface area contributed by atoms with Gasteiger partial charge < -0.3 is 40.0 Å². The summed E-state index contributed by atoms with van der Waals surface area (Å²) in [7, 11) is 1.73. The monoisotopic (exact) mass is 547 g/mol. The number of nitrogens with one attached hydrogen (secondary N) is 1. The molecule has 0 saturated carbocycles. The summed E-state index contributed by atoms with van der Waals surface area (Å²) >= 11 is 0. The van der Waals surface area contributed by atoms with E-state index in [2.05, 4.69) is 16.3 Å². The van der Waals surface area contributed by atoms with Crippen molar-refractivity contribution >= 4 is 11.6 Å². The molecule has 1 amide bonds. The lowest BCUT2D eigenvalue weighted by atomic mass is 9.85. The van der Waals surface area contributed by atoms with Crippen molar-refractivity contribution in [1.82, 2.24) is 5.32 Å². The van der Waals surface area contributed by atoms with E-state index < -0.39 is 12.0 Å². The van der Waals surface area contributed by atoms with Crippen LogP contribution >= 0.6 is 0 Å². The number of hydrogen-bond donors (Lipinski definition) is 3. The predicted molar refractivity (Wildman–Crippen MR) is 152 cm³/mol. The summed E-state index contributed by atoms with van der Waals surface area (Å²) in [5, 5.41) is 14.2. The normalized spacial score (nSPS) is 20.4. The molecule has 0 radical (unpaired) electrons. The number of aliphatic hydroxyl groups excluding tert-OH is 1. The van der Waals surface area contributed by atoms with Gasteiger partial charge in [-0.2, -0.15) is 0 Å². The average molecular weight is 548 g/mol. The lowest BCUT2D eigenvalue weighted by molar-refractivity contribution is -0.0328. The molecule has 2 aliphatic heterocycles. The van der Waals surface area contributed by atoms with Crippen molar-refractivity contribution in [2.24, 2.45) is 5.73 Å². The van der Waals surface area contributed by atoms with E-state index in [9.17, 15) is 9.90 Å². The van der Waals surface area contributed by atoms with Crippen LogP contribution in [0.4, 0.5) is 5.69 Å². The molecule has 0 unspecified atom stereocenters. The van der Waals surface area contributed by atoms with Gasteiger partial charge in [-0.25, -0.2) is 0 Å². The van der Waals surface area contributed by atoms with E-state index in [0.29, 0.717) is 43.4 Å². The Morgan fingerprint density at radius 1 is 1.07 bits per heavy atom. The maximum absolute atomic E-state index is 11.3. The number of ether oxygens (including phenoxy) is 4. The first kappa shape index (κ1) is 27.9. The molecule has 2 heterocycles. The molecule has 0 aromatic heterocycles. The Labute approximate surface area is 234 Å². The summed E-state index contributed by atoms with van der Waals surface area (Å²) in [5.41, 5.74) is 8.87. The van der Waals surface area contributed by atoms with E-state index in [1.807, 2.05) is 36.4 Å². The number of carbonyl (C=O) groups excluding carboxylic acids is 1. The first-order valence-corrected chi connectivity index (χ1v) is 13.7. The highest BCUT2D eigenvalue weighted by atomic mass is 16.5. The third-order valence-corrected chi connectivity index (χ3v) is 7.38. The molecule has 1 fully saturated rings. The fourth-order valence-electron chi connectivity index (χ4n) is 5.30. The number of anilines is 1. The Bertz CT molecular complexity index is 1270. The van der Waals surface area contributed by atoms with E-state index >= 15 is 0 Å². The Hall–Kier alpha value is -3.63. The SMILES string of the molecule is COCCCN1CCOc2ccc(CO[C@H]3CNC[C@@H](O)[C@@H]3c3ccc(Oc4ccc(C(N)=O)cc4)cc3)cc21. The van der Waals surface area contributed by atoms with Gasteiger partial charge in [-0.3, -0.25) is 4.79 Å². The standard InChI is InChI=1S/C31H37N3O6/c1-37-15-2-13-34-14-16-38-28-12-3-21(17-26(28)34)20-39-29-19-33-18-27(35)30(29)22-4-8-24(9-5-22)40-25-10-6-23(7-11-25)31(32)36/h3-12,17,27,29-30,33,35H,2,13-16,18-20H2,1H3,(H2,32,36)/t27-,29+,30+/m1/s1. The second kappa shape index (κ2) is 13.1. The zero-order valence-electron chi connectivity index (χ0n) is 22.8. The second-order valence-corrected chi connectivity index (χ2v) is 10.1. The maximum atomic E-state index is 11.3. The molecule has 4 N–H and O–H groups in total. The van der Waals surface area contributed by atoms with Crippen LogP contribution in [0.5, 0.6) is 17.2 Å². The number of fused-ring (bicyclic) bond motifs is 1. The number of piperidine rings is 1. The number of amides is 1. The maximum Gasteiger partial charge on any atom is 0.248 e. The Kier molecular flexibility index (Phi) is 9.18. The van der Waals surface area contributed by atoms with Crippen molar-refractivity contribution in [2.75, 3.05) is 51.4 Å². The highest BCUT2D eigenvalue weighted by Gasteiger charge is 2.34. The van der Waals surface area contributed by atoms with Crippen LogP contribution in [0.3, 0.4) is 0 Å².